The van der Waals surface area contributed by atoms with Crippen LogP contribution in [0.4, 0.5) is 5.82 Å². The molecular formula is C27H30N4O3S. The molecule has 0 aliphatic carbocycles. The van der Waals surface area contributed by atoms with Crippen LogP contribution < -0.4 is 10.2 Å². The zero-order chi connectivity index (χ0) is 24.4. The van der Waals surface area contributed by atoms with Gasteiger partial charge in [0.15, 0.2) is 0 Å². The molecule has 2 saturated heterocycles. The van der Waals surface area contributed by atoms with Gasteiger partial charge in [0.2, 0.25) is 17.7 Å². The number of hydrogen-bond acceptors (Lipinski definition) is 6. The third kappa shape index (κ3) is 4.86. The number of carbonyl (C=O) groups excluding carboxylic acids is 3. The highest BCUT2D eigenvalue weighted by Gasteiger charge is 2.48. The molecule has 8 heteroatoms. The van der Waals surface area contributed by atoms with Gasteiger partial charge in [-0.2, -0.15) is 0 Å². The minimum Gasteiger partial charge on any atom is -0.339 e. The van der Waals surface area contributed by atoms with Crippen LogP contribution >= 0.6 is 11.3 Å². The largest absolute Gasteiger partial charge is 0.339 e. The number of likely N-dealkylation sites (tertiary alicyclic amines) is 1. The molecule has 5 heterocycles. The molecule has 0 aromatic carbocycles. The highest BCUT2D eigenvalue weighted by Crippen LogP contribution is 2.42. The van der Waals surface area contributed by atoms with Crippen molar-refractivity contribution in [2.24, 2.45) is 5.41 Å². The summed E-state index contributed by atoms with van der Waals surface area (Å²) in [6.45, 7) is 4.36. The van der Waals surface area contributed by atoms with Gasteiger partial charge in [-0.3, -0.25) is 14.4 Å². The SMILES string of the molecule is CC(=O)N1C(=O)C2(CCNCC2)Cc2cc(/C=C/C(=O)N3CCC(=Cc4cccs4)CC3)cnc21. The van der Waals surface area contributed by atoms with Crippen LogP contribution in [0.5, 0.6) is 0 Å². The molecule has 5 rings (SSSR count). The van der Waals surface area contributed by atoms with Gasteiger partial charge in [-0.05, 0) is 86.0 Å². The number of nitrogens with zero attached hydrogens (tertiary/aromatic N) is 3. The maximum Gasteiger partial charge on any atom is 0.246 e. The number of aromatic nitrogens is 1. The van der Waals surface area contributed by atoms with Crippen LogP contribution in [0, 0.1) is 5.41 Å². The first kappa shape index (κ1) is 23.6. The van der Waals surface area contributed by atoms with Crippen LogP contribution in [0.15, 0.2) is 41.4 Å². The van der Waals surface area contributed by atoms with Crippen molar-refractivity contribution >= 4 is 47.0 Å². The second kappa shape index (κ2) is 9.87. The van der Waals surface area contributed by atoms with Gasteiger partial charge < -0.3 is 10.2 Å². The van der Waals surface area contributed by atoms with Crippen molar-refractivity contribution in [3.05, 3.63) is 57.4 Å². The molecule has 182 valence electrons. The highest BCUT2D eigenvalue weighted by atomic mass is 32.1. The molecular weight excluding hydrogens is 460 g/mol. The van der Waals surface area contributed by atoms with Gasteiger partial charge in [-0.1, -0.05) is 11.6 Å². The Balaban J connectivity index is 1.29. The smallest absolute Gasteiger partial charge is 0.246 e. The zero-order valence-electron chi connectivity index (χ0n) is 20.0. The highest BCUT2D eigenvalue weighted by molar-refractivity contribution is 7.10. The van der Waals surface area contributed by atoms with Crippen molar-refractivity contribution in [3.8, 4) is 0 Å². The van der Waals surface area contributed by atoms with E-state index in [-0.39, 0.29) is 17.7 Å². The summed E-state index contributed by atoms with van der Waals surface area (Å²) in [6, 6.07) is 6.14. The molecule has 3 aliphatic rings. The fourth-order valence-corrected chi connectivity index (χ4v) is 6.02. The summed E-state index contributed by atoms with van der Waals surface area (Å²) >= 11 is 1.73. The Morgan fingerprint density at radius 1 is 1.20 bits per heavy atom. The van der Waals surface area contributed by atoms with E-state index in [1.807, 2.05) is 11.0 Å². The number of anilines is 1. The van der Waals surface area contributed by atoms with Crippen LogP contribution in [0.3, 0.4) is 0 Å². The first-order valence-corrected chi connectivity index (χ1v) is 13.1. The average Bonchev–Trinajstić information content (AvgIpc) is 3.37. The fraction of sp³-hybridized carbons (Fsp3) is 0.407. The number of amides is 3. The van der Waals surface area contributed by atoms with E-state index < -0.39 is 5.41 Å². The lowest BCUT2D eigenvalue weighted by Gasteiger charge is -2.43. The molecule has 0 saturated carbocycles. The number of piperidine rings is 2. The first-order valence-electron chi connectivity index (χ1n) is 12.2. The second-order valence-electron chi connectivity index (χ2n) is 9.59. The molecule has 0 radical (unpaired) electrons. The fourth-order valence-electron chi connectivity index (χ4n) is 5.31. The monoisotopic (exact) mass is 490 g/mol. The Morgan fingerprint density at radius 2 is 1.97 bits per heavy atom. The summed E-state index contributed by atoms with van der Waals surface area (Å²) in [5, 5.41) is 5.38. The minimum atomic E-state index is -0.564. The van der Waals surface area contributed by atoms with Crippen molar-refractivity contribution in [2.75, 3.05) is 31.1 Å². The summed E-state index contributed by atoms with van der Waals surface area (Å²) in [6.07, 6.45) is 11.0. The predicted molar refractivity (Wildman–Crippen MR) is 138 cm³/mol. The van der Waals surface area contributed by atoms with Gasteiger partial charge in [0.25, 0.3) is 0 Å². The molecule has 2 aromatic rings. The molecule has 35 heavy (non-hydrogen) atoms. The molecule has 0 atom stereocenters. The predicted octanol–water partition coefficient (Wildman–Crippen LogP) is 3.67. The van der Waals surface area contributed by atoms with Crippen molar-refractivity contribution in [3.63, 3.8) is 0 Å². The normalized spacial score (nSPS) is 19.8. The summed E-state index contributed by atoms with van der Waals surface area (Å²) in [5.41, 5.74) is 2.51. The first-order chi connectivity index (χ1) is 16.9. The summed E-state index contributed by atoms with van der Waals surface area (Å²) < 4.78 is 0. The molecule has 2 aromatic heterocycles. The average molecular weight is 491 g/mol. The van der Waals surface area contributed by atoms with E-state index >= 15 is 0 Å². The van der Waals surface area contributed by atoms with E-state index in [1.165, 1.54) is 22.3 Å². The lowest BCUT2D eigenvalue weighted by atomic mass is 9.71. The van der Waals surface area contributed by atoms with Crippen LogP contribution in [-0.4, -0.2) is 53.8 Å². The van der Waals surface area contributed by atoms with E-state index in [1.54, 1.807) is 29.7 Å². The van der Waals surface area contributed by atoms with Gasteiger partial charge in [-0.15, -0.1) is 11.3 Å². The number of hydrogen-bond donors (Lipinski definition) is 1. The lowest BCUT2D eigenvalue weighted by Crippen LogP contribution is -2.55. The number of rotatable bonds is 3. The van der Waals surface area contributed by atoms with E-state index in [9.17, 15) is 14.4 Å². The molecule has 1 spiro atoms. The van der Waals surface area contributed by atoms with E-state index in [2.05, 4.69) is 33.9 Å². The Morgan fingerprint density at radius 3 is 2.66 bits per heavy atom. The lowest BCUT2D eigenvalue weighted by molar-refractivity contribution is -0.134. The van der Waals surface area contributed by atoms with Crippen LogP contribution in [0.25, 0.3) is 12.2 Å². The summed E-state index contributed by atoms with van der Waals surface area (Å²) in [5.74, 6) is -0.0236. The topological polar surface area (TPSA) is 82.6 Å². The van der Waals surface area contributed by atoms with Gasteiger partial charge in [0.05, 0.1) is 5.41 Å². The number of imide groups is 1. The van der Waals surface area contributed by atoms with Gasteiger partial charge in [-0.25, -0.2) is 9.88 Å². The number of fused-ring (bicyclic) bond motifs is 1. The Bertz CT molecular complexity index is 1190. The molecule has 3 aliphatic heterocycles. The van der Waals surface area contributed by atoms with Crippen molar-refractivity contribution in [1.29, 1.82) is 0 Å². The molecule has 1 N–H and O–H groups in total. The van der Waals surface area contributed by atoms with Crippen LogP contribution in [-0.2, 0) is 20.8 Å². The third-order valence-electron chi connectivity index (χ3n) is 7.26. The standard InChI is InChI=1S/C27H30N4O3S/c1-19(32)31-25-22(17-27(26(31)34)8-10-28-11-9-27)15-21(18-29-25)4-5-24(33)30-12-6-20(7-13-30)16-23-3-2-14-35-23/h2-5,14-16,18,28H,6-13,17H2,1H3/b5-4+. The van der Waals surface area contributed by atoms with E-state index in [4.69, 9.17) is 0 Å². The number of thiophene rings is 1. The molecule has 0 unspecified atom stereocenters. The number of nitrogens with one attached hydrogen (secondary N) is 1. The zero-order valence-corrected chi connectivity index (χ0v) is 20.8. The summed E-state index contributed by atoms with van der Waals surface area (Å²) in [4.78, 5) is 47.3. The van der Waals surface area contributed by atoms with Crippen LogP contribution in [0.2, 0.25) is 0 Å². The van der Waals surface area contributed by atoms with E-state index in [0.717, 1.165) is 50.1 Å². The van der Waals surface area contributed by atoms with Crippen molar-refractivity contribution in [1.82, 2.24) is 15.2 Å². The number of pyridine rings is 1. The Kier molecular flexibility index (Phi) is 6.67. The Labute approximate surface area is 209 Å². The summed E-state index contributed by atoms with van der Waals surface area (Å²) in [7, 11) is 0. The third-order valence-corrected chi connectivity index (χ3v) is 8.08. The molecule has 7 nitrogen and oxygen atoms in total. The second-order valence-corrected chi connectivity index (χ2v) is 10.6. The maximum atomic E-state index is 13.3. The Hall–Kier alpha value is -3.10. The molecule has 3 amide bonds. The van der Waals surface area contributed by atoms with Crippen molar-refractivity contribution in [2.45, 2.75) is 39.0 Å². The van der Waals surface area contributed by atoms with Crippen molar-refractivity contribution < 1.29 is 14.4 Å². The minimum absolute atomic E-state index is 0.00624. The van der Waals surface area contributed by atoms with Crippen LogP contribution in [0.1, 0.15) is 48.6 Å². The van der Waals surface area contributed by atoms with Gasteiger partial charge in [0, 0.05) is 37.2 Å². The van der Waals surface area contributed by atoms with E-state index in [0.29, 0.717) is 25.1 Å². The molecule has 2 fully saturated rings. The quantitative estimate of drug-likeness (QED) is 0.664. The maximum absolute atomic E-state index is 13.3. The molecule has 0 bridgehead atoms. The van der Waals surface area contributed by atoms with Gasteiger partial charge in [0.1, 0.15) is 5.82 Å². The van der Waals surface area contributed by atoms with Gasteiger partial charge >= 0.3 is 0 Å². The number of carbonyl (C=O) groups is 3.